The molecule has 0 amide bonds. The quantitative estimate of drug-likeness (QED) is 0.888. The standard InChI is InChI=1S/C14H19FN4S/c1-10(2)13-17-14(20-18-13)19(8-4-7-16)12-6-3-5-11(15)9-12/h3,5-6,9-10H,4,7-8,16H2,1-2H3. The van der Waals surface area contributed by atoms with Crippen molar-refractivity contribution in [2.75, 3.05) is 18.0 Å². The van der Waals surface area contributed by atoms with Crippen LogP contribution in [-0.2, 0) is 0 Å². The van der Waals surface area contributed by atoms with Crippen molar-refractivity contribution in [1.82, 2.24) is 9.36 Å². The van der Waals surface area contributed by atoms with Gasteiger partial charge in [0, 0.05) is 29.7 Å². The van der Waals surface area contributed by atoms with Crippen molar-refractivity contribution in [2.24, 2.45) is 5.73 Å². The van der Waals surface area contributed by atoms with E-state index in [1.807, 2.05) is 11.0 Å². The van der Waals surface area contributed by atoms with Crippen molar-refractivity contribution < 1.29 is 4.39 Å². The van der Waals surface area contributed by atoms with Gasteiger partial charge in [-0.25, -0.2) is 9.37 Å². The Morgan fingerprint density at radius 1 is 1.40 bits per heavy atom. The van der Waals surface area contributed by atoms with Crippen molar-refractivity contribution in [3.63, 3.8) is 0 Å². The number of hydrogen-bond acceptors (Lipinski definition) is 5. The molecule has 0 saturated carbocycles. The summed E-state index contributed by atoms with van der Waals surface area (Å²) in [5.41, 5.74) is 6.37. The number of aromatic nitrogens is 2. The predicted octanol–water partition coefficient (Wildman–Crippen LogP) is 3.29. The second-order valence-electron chi connectivity index (χ2n) is 4.86. The van der Waals surface area contributed by atoms with Gasteiger partial charge in [0.15, 0.2) is 0 Å². The maximum Gasteiger partial charge on any atom is 0.209 e. The molecule has 1 aromatic carbocycles. The van der Waals surface area contributed by atoms with Gasteiger partial charge in [-0.3, -0.25) is 0 Å². The van der Waals surface area contributed by atoms with Gasteiger partial charge in [-0.05, 0) is 31.2 Å². The molecule has 1 aromatic heterocycles. The Morgan fingerprint density at radius 2 is 2.20 bits per heavy atom. The minimum Gasteiger partial charge on any atom is -0.330 e. The van der Waals surface area contributed by atoms with E-state index in [1.54, 1.807) is 6.07 Å². The van der Waals surface area contributed by atoms with Crippen LogP contribution < -0.4 is 10.6 Å². The van der Waals surface area contributed by atoms with Crippen LogP contribution in [0.25, 0.3) is 0 Å². The van der Waals surface area contributed by atoms with E-state index in [0.717, 1.165) is 23.1 Å². The molecule has 4 nitrogen and oxygen atoms in total. The lowest BCUT2D eigenvalue weighted by Gasteiger charge is -2.21. The third kappa shape index (κ3) is 3.52. The summed E-state index contributed by atoms with van der Waals surface area (Å²) in [5, 5.41) is 0.785. The number of hydrogen-bond donors (Lipinski definition) is 1. The van der Waals surface area contributed by atoms with Gasteiger partial charge in [0.25, 0.3) is 0 Å². The topological polar surface area (TPSA) is 55.0 Å². The molecular weight excluding hydrogens is 275 g/mol. The zero-order valence-electron chi connectivity index (χ0n) is 11.7. The smallest absolute Gasteiger partial charge is 0.209 e. The fourth-order valence-electron chi connectivity index (χ4n) is 1.80. The molecule has 1 heterocycles. The Bertz CT molecular complexity index is 556. The molecule has 0 aliphatic heterocycles. The summed E-state index contributed by atoms with van der Waals surface area (Å²) in [6.07, 6.45) is 0.813. The molecule has 0 radical (unpaired) electrons. The fourth-order valence-corrected chi connectivity index (χ4v) is 2.66. The zero-order chi connectivity index (χ0) is 14.5. The Labute approximate surface area is 122 Å². The first-order valence-corrected chi connectivity index (χ1v) is 7.46. The van der Waals surface area contributed by atoms with E-state index in [0.29, 0.717) is 13.1 Å². The van der Waals surface area contributed by atoms with E-state index < -0.39 is 0 Å². The van der Waals surface area contributed by atoms with E-state index in [1.165, 1.54) is 23.7 Å². The number of nitrogens with two attached hydrogens (primary N) is 1. The summed E-state index contributed by atoms with van der Waals surface area (Å²) in [5.74, 6) is 0.844. The van der Waals surface area contributed by atoms with Crippen molar-refractivity contribution in [2.45, 2.75) is 26.2 Å². The van der Waals surface area contributed by atoms with Gasteiger partial charge in [-0.1, -0.05) is 19.9 Å². The summed E-state index contributed by atoms with van der Waals surface area (Å²) in [4.78, 5) is 6.51. The SMILES string of the molecule is CC(C)c1nsc(N(CCCN)c2cccc(F)c2)n1. The summed E-state index contributed by atoms with van der Waals surface area (Å²) in [6.45, 7) is 5.39. The van der Waals surface area contributed by atoms with Crippen LogP contribution in [0, 0.1) is 5.82 Å². The first-order valence-electron chi connectivity index (χ1n) is 6.68. The molecule has 20 heavy (non-hydrogen) atoms. The molecule has 0 aliphatic carbocycles. The molecule has 0 atom stereocenters. The van der Waals surface area contributed by atoms with E-state index in [-0.39, 0.29) is 11.7 Å². The average Bonchev–Trinajstić information content (AvgIpc) is 2.89. The molecule has 0 fully saturated rings. The Balaban J connectivity index is 2.31. The molecular formula is C14H19FN4S. The highest BCUT2D eigenvalue weighted by Crippen LogP contribution is 2.29. The highest BCUT2D eigenvalue weighted by atomic mass is 32.1. The van der Waals surface area contributed by atoms with Crippen LogP contribution in [0.3, 0.4) is 0 Å². The first kappa shape index (κ1) is 14.9. The highest BCUT2D eigenvalue weighted by molar-refractivity contribution is 7.09. The predicted molar refractivity (Wildman–Crippen MR) is 81.1 cm³/mol. The lowest BCUT2D eigenvalue weighted by molar-refractivity contribution is 0.627. The Kier molecular flexibility index (Phi) is 5.03. The minimum atomic E-state index is -0.256. The molecule has 0 saturated heterocycles. The van der Waals surface area contributed by atoms with Crippen LogP contribution in [0.2, 0.25) is 0 Å². The van der Waals surface area contributed by atoms with Gasteiger partial charge < -0.3 is 10.6 Å². The van der Waals surface area contributed by atoms with Gasteiger partial charge in [0.1, 0.15) is 11.6 Å². The van der Waals surface area contributed by atoms with Gasteiger partial charge in [-0.15, -0.1) is 0 Å². The summed E-state index contributed by atoms with van der Waals surface area (Å²) in [6, 6.07) is 6.51. The summed E-state index contributed by atoms with van der Waals surface area (Å²) >= 11 is 1.34. The largest absolute Gasteiger partial charge is 0.330 e. The summed E-state index contributed by atoms with van der Waals surface area (Å²) < 4.78 is 17.8. The molecule has 6 heteroatoms. The molecule has 0 bridgehead atoms. The fraction of sp³-hybridized carbons (Fsp3) is 0.429. The van der Waals surface area contributed by atoms with Crippen LogP contribution in [0.5, 0.6) is 0 Å². The van der Waals surface area contributed by atoms with E-state index in [2.05, 4.69) is 23.2 Å². The average molecular weight is 294 g/mol. The zero-order valence-corrected chi connectivity index (χ0v) is 12.5. The molecule has 0 spiro atoms. The van der Waals surface area contributed by atoms with Crippen molar-refractivity contribution in [1.29, 1.82) is 0 Å². The van der Waals surface area contributed by atoms with Crippen LogP contribution in [0.4, 0.5) is 15.2 Å². The normalized spacial score (nSPS) is 11.1. The van der Waals surface area contributed by atoms with Crippen molar-refractivity contribution >= 4 is 22.4 Å². The maximum atomic E-state index is 13.4. The number of benzene rings is 1. The van der Waals surface area contributed by atoms with Gasteiger partial charge in [0.05, 0.1) is 0 Å². The minimum absolute atomic E-state index is 0.256. The highest BCUT2D eigenvalue weighted by Gasteiger charge is 2.16. The van der Waals surface area contributed by atoms with Gasteiger partial charge in [0.2, 0.25) is 5.13 Å². The molecule has 108 valence electrons. The van der Waals surface area contributed by atoms with Crippen LogP contribution in [-0.4, -0.2) is 22.4 Å². The number of nitrogens with zero attached hydrogens (tertiary/aromatic N) is 3. The molecule has 2 aromatic rings. The Morgan fingerprint density at radius 3 is 2.80 bits per heavy atom. The third-order valence-corrected chi connectivity index (χ3v) is 3.64. The van der Waals surface area contributed by atoms with E-state index >= 15 is 0 Å². The summed E-state index contributed by atoms with van der Waals surface area (Å²) in [7, 11) is 0. The molecule has 0 unspecified atom stereocenters. The Hall–Kier alpha value is -1.53. The van der Waals surface area contributed by atoms with Crippen LogP contribution in [0.15, 0.2) is 24.3 Å². The van der Waals surface area contributed by atoms with Gasteiger partial charge in [-0.2, -0.15) is 4.37 Å². The number of halogens is 1. The maximum absolute atomic E-state index is 13.4. The number of rotatable bonds is 6. The van der Waals surface area contributed by atoms with Gasteiger partial charge >= 0.3 is 0 Å². The lowest BCUT2D eigenvalue weighted by Crippen LogP contribution is -2.21. The first-order chi connectivity index (χ1) is 9.61. The van der Waals surface area contributed by atoms with E-state index in [4.69, 9.17) is 5.73 Å². The number of anilines is 2. The van der Waals surface area contributed by atoms with Crippen molar-refractivity contribution in [3.8, 4) is 0 Å². The lowest BCUT2D eigenvalue weighted by atomic mass is 10.2. The third-order valence-electron chi connectivity index (χ3n) is 2.88. The molecule has 2 N–H and O–H groups in total. The van der Waals surface area contributed by atoms with Crippen molar-refractivity contribution in [3.05, 3.63) is 35.9 Å². The monoisotopic (exact) mass is 294 g/mol. The van der Waals surface area contributed by atoms with E-state index in [9.17, 15) is 4.39 Å². The van der Waals surface area contributed by atoms with Crippen LogP contribution in [0.1, 0.15) is 32.0 Å². The second-order valence-corrected chi connectivity index (χ2v) is 5.59. The molecule has 0 aliphatic rings. The van der Waals surface area contributed by atoms with Crippen LogP contribution >= 0.6 is 11.5 Å². The molecule has 2 rings (SSSR count). The second kappa shape index (κ2) is 6.76.